The van der Waals surface area contributed by atoms with Crippen molar-refractivity contribution >= 4 is 61.1 Å². The average Bonchev–Trinajstić information content (AvgIpc) is 3.28. The zero-order valence-electron chi connectivity index (χ0n) is 15.0. The van der Waals surface area contributed by atoms with E-state index >= 15 is 0 Å². The molecule has 0 atom stereocenters. The lowest BCUT2D eigenvalue weighted by Crippen LogP contribution is -2.35. The van der Waals surface area contributed by atoms with E-state index in [9.17, 15) is 19.7 Å². The van der Waals surface area contributed by atoms with Crippen LogP contribution >= 0.6 is 31.9 Å². The van der Waals surface area contributed by atoms with Crippen LogP contribution in [0, 0.1) is 10.1 Å². The first-order chi connectivity index (χ1) is 14.3. The zero-order valence-corrected chi connectivity index (χ0v) is 18.1. The van der Waals surface area contributed by atoms with Gasteiger partial charge in [-0.15, -0.1) is 0 Å². The Bertz CT molecular complexity index is 1220. The molecule has 150 valence electrons. The molecule has 2 amide bonds. The molecule has 3 aromatic rings. The maximum Gasteiger partial charge on any atom is 0.282 e. The Kier molecular flexibility index (Phi) is 5.27. The second-order valence-electron chi connectivity index (χ2n) is 6.24. The molecule has 0 spiro atoms. The molecule has 8 nitrogen and oxygen atoms in total. The Morgan fingerprint density at radius 1 is 1.03 bits per heavy atom. The van der Waals surface area contributed by atoms with Gasteiger partial charge in [-0.05, 0) is 64.5 Å². The number of carbonyl (C=O) groups excluding carboxylic acids is 2. The molecular weight excluding hydrogens is 522 g/mol. The standard InChI is InChI=1S/C20H11Br2N3O5/c21-11-1-3-12(4-2-11)24-20(27)16(19(26)23-24)10-14-6-8-18(30-14)15-7-5-13(25(28)29)9-17(15)22/h1-10H,(H,23,26)/b16-10+. The van der Waals surface area contributed by atoms with Crippen LogP contribution in [0.3, 0.4) is 0 Å². The summed E-state index contributed by atoms with van der Waals surface area (Å²) in [5.74, 6) is -0.320. The first-order valence-corrected chi connectivity index (χ1v) is 10.1. The number of benzene rings is 2. The fraction of sp³-hybridized carbons (Fsp3) is 0. The smallest absolute Gasteiger partial charge is 0.282 e. The number of nitrogens with one attached hydrogen (secondary N) is 1. The maximum atomic E-state index is 12.7. The van der Waals surface area contributed by atoms with Crippen molar-refractivity contribution in [2.24, 2.45) is 0 Å². The van der Waals surface area contributed by atoms with Crippen molar-refractivity contribution in [2.75, 3.05) is 5.01 Å². The Hall–Kier alpha value is -3.24. The van der Waals surface area contributed by atoms with E-state index in [1.54, 1.807) is 42.5 Å². The molecule has 1 N–H and O–H groups in total. The second kappa shape index (κ2) is 7.88. The highest BCUT2D eigenvalue weighted by Gasteiger charge is 2.34. The molecule has 2 aromatic carbocycles. The number of hydrazine groups is 1. The summed E-state index contributed by atoms with van der Waals surface area (Å²) in [6.45, 7) is 0. The Morgan fingerprint density at radius 2 is 1.77 bits per heavy atom. The zero-order chi connectivity index (χ0) is 21.4. The fourth-order valence-corrected chi connectivity index (χ4v) is 3.69. The summed E-state index contributed by atoms with van der Waals surface area (Å²) in [5, 5.41) is 12.0. The van der Waals surface area contributed by atoms with Gasteiger partial charge in [0, 0.05) is 26.6 Å². The van der Waals surface area contributed by atoms with Gasteiger partial charge in [0.05, 0.1) is 10.6 Å². The summed E-state index contributed by atoms with van der Waals surface area (Å²) < 4.78 is 7.07. The Labute approximate surface area is 186 Å². The molecule has 1 fully saturated rings. The van der Waals surface area contributed by atoms with Crippen molar-refractivity contribution in [3.8, 4) is 11.3 Å². The maximum absolute atomic E-state index is 12.7. The molecule has 0 aliphatic carbocycles. The number of nitro benzene ring substituents is 1. The number of anilines is 1. The van der Waals surface area contributed by atoms with E-state index in [1.807, 2.05) is 0 Å². The van der Waals surface area contributed by atoms with Gasteiger partial charge >= 0.3 is 0 Å². The van der Waals surface area contributed by atoms with Crippen LogP contribution in [0.5, 0.6) is 0 Å². The molecule has 0 bridgehead atoms. The largest absolute Gasteiger partial charge is 0.457 e. The van der Waals surface area contributed by atoms with Crippen molar-refractivity contribution < 1.29 is 18.9 Å². The summed E-state index contributed by atoms with van der Waals surface area (Å²) in [5.41, 5.74) is 3.52. The molecule has 0 saturated carbocycles. The van der Waals surface area contributed by atoms with Gasteiger partial charge in [-0.25, -0.2) is 5.01 Å². The first-order valence-electron chi connectivity index (χ1n) is 8.50. The molecule has 30 heavy (non-hydrogen) atoms. The van der Waals surface area contributed by atoms with Gasteiger partial charge in [-0.1, -0.05) is 15.9 Å². The number of nitro groups is 1. The quantitative estimate of drug-likeness (QED) is 0.224. The second-order valence-corrected chi connectivity index (χ2v) is 8.01. The van der Waals surface area contributed by atoms with E-state index in [0.29, 0.717) is 27.2 Å². The minimum absolute atomic E-state index is 0.0548. The lowest BCUT2D eigenvalue weighted by atomic mass is 10.1. The highest BCUT2D eigenvalue weighted by atomic mass is 79.9. The van der Waals surface area contributed by atoms with Crippen molar-refractivity contribution in [3.63, 3.8) is 0 Å². The summed E-state index contributed by atoms with van der Waals surface area (Å²) in [4.78, 5) is 35.4. The summed E-state index contributed by atoms with van der Waals surface area (Å²) in [6, 6.07) is 14.5. The molecule has 0 unspecified atom stereocenters. The number of halogens is 2. The third-order valence-corrected chi connectivity index (χ3v) is 5.50. The molecule has 1 aliphatic rings. The Morgan fingerprint density at radius 3 is 2.43 bits per heavy atom. The lowest BCUT2D eigenvalue weighted by molar-refractivity contribution is -0.384. The van der Waals surface area contributed by atoms with Crippen molar-refractivity contribution in [1.82, 2.24) is 5.43 Å². The van der Waals surface area contributed by atoms with Crippen molar-refractivity contribution in [1.29, 1.82) is 0 Å². The highest BCUT2D eigenvalue weighted by Crippen LogP contribution is 2.33. The minimum Gasteiger partial charge on any atom is -0.457 e. The number of non-ortho nitro benzene ring substituents is 1. The lowest BCUT2D eigenvalue weighted by Gasteiger charge is -2.14. The SMILES string of the molecule is O=C1NN(c2ccc(Br)cc2)C(=O)/C1=C/c1ccc(-c2ccc([N+](=O)[O-])cc2Br)o1. The van der Waals surface area contributed by atoms with Crippen LogP contribution in [-0.2, 0) is 9.59 Å². The van der Waals surface area contributed by atoms with Crippen LogP contribution in [0.1, 0.15) is 5.76 Å². The average molecular weight is 533 g/mol. The van der Waals surface area contributed by atoms with Crippen LogP contribution in [0.2, 0.25) is 0 Å². The van der Waals surface area contributed by atoms with Gasteiger partial charge in [0.15, 0.2) is 0 Å². The molecular formula is C20H11Br2N3O5. The van der Waals surface area contributed by atoms with E-state index in [4.69, 9.17) is 4.42 Å². The number of rotatable bonds is 4. The number of furan rings is 1. The summed E-state index contributed by atoms with van der Waals surface area (Å²) >= 11 is 6.62. The summed E-state index contributed by atoms with van der Waals surface area (Å²) in [7, 11) is 0. The van der Waals surface area contributed by atoms with Crippen LogP contribution in [0.25, 0.3) is 17.4 Å². The number of nitrogens with zero attached hydrogens (tertiary/aromatic N) is 2. The van der Waals surface area contributed by atoms with E-state index < -0.39 is 16.7 Å². The molecule has 1 aliphatic heterocycles. The third-order valence-electron chi connectivity index (χ3n) is 4.32. The van der Waals surface area contributed by atoms with Gasteiger partial charge in [-0.3, -0.25) is 25.1 Å². The molecule has 10 heteroatoms. The number of hydrogen-bond acceptors (Lipinski definition) is 5. The van der Waals surface area contributed by atoms with Crippen LogP contribution in [-0.4, -0.2) is 16.7 Å². The van der Waals surface area contributed by atoms with Gasteiger partial charge in [0.25, 0.3) is 17.5 Å². The van der Waals surface area contributed by atoms with E-state index in [2.05, 4.69) is 37.3 Å². The number of amides is 2. The van der Waals surface area contributed by atoms with Gasteiger partial charge in [0.2, 0.25) is 0 Å². The van der Waals surface area contributed by atoms with Gasteiger partial charge in [-0.2, -0.15) is 0 Å². The van der Waals surface area contributed by atoms with Gasteiger partial charge in [0.1, 0.15) is 17.1 Å². The van der Waals surface area contributed by atoms with Crippen molar-refractivity contribution in [3.05, 3.63) is 85.0 Å². The molecule has 2 heterocycles. The fourth-order valence-electron chi connectivity index (χ4n) is 2.86. The monoisotopic (exact) mass is 531 g/mol. The molecule has 1 saturated heterocycles. The van der Waals surface area contributed by atoms with E-state index in [1.165, 1.54) is 18.2 Å². The molecule has 4 rings (SSSR count). The van der Waals surface area contributed by atoms with Crippen LogP contribution < -0.4 is 10.4 Å². The topological polar surface area (TPSA) is 106 Å². The number of carbonyl (C=O) groups is 2. The Balaban J connectivity index is 1.61. The van der Waals surface area contributed by atoms with E-state index in [-0.39, 0.29) is 11.3 Å². The van der Waals surface area contributed by atoms with Crippen LogP contribution in [0.4, 0.5) is 11.4 Å². The van der Waals surface area contributed by atoms with E-state index in [0.717, 1.165) is 9.48 Å². The highest BCUT2D eigenvalue weighted by molar-refractivity contribution is 9.10. The summed E-state index contributed by atoms with van der Waals surface area (Å²) in [6.07, 6.45) is 1.36. The number of hydrogen-bond donors (Lipinski definition) is 1. The predicted octanol–water partition coefficient (Wildman–Crippen LogP) is 4.84. The van der Waals surface area contributed by atoms with Crippen molar-refractivity contribution in [2.45, 2.75) is 0 Å². The molecule has 1 aromatic heterocycles. The third kappa shape index (κ3) is 3.79. The predicted molar refractivity (Wildman–Crippen MR) is 116 cm³/mol. The minimum atomic E-state index is -0.544. The normalized spacial score (nSPS) is 15.0. The van der Waals surface area contributed by atoms with Gasteiger partial charge < -0.3 is 4.42 Å². The first kappa shape index (κ1) is 20.0. The molecule has 0 radical (unpaired) electrons. The van der Waals surface area contributed by atoms with Crippen LogP contribution in [0.15, 0.2) is 73.5 Å².